The smallest absolute Gasteiger partial charge is 0.225 e. The van der Waals surface area contributed by atoms with Crippen LogP contribution in [0.2, 0.25) is 0 Å². The van der Waals surface area contributed by atoms with E-state index >= 15 is 0 Å². The highest BCUT2D eigenvalue weighted by Crippen LogP contribution is 2.33. The second-order valence-corrected chi connectivity index (χ2v) is 6.50. The zero-order valence-corrected chi connectivity index (χ0v) is 16.1. The van der Waals surface area contributed by atoms with Gasteiger partial charge in [0.05, 0.1) is 27.0 Å². The quantitative estimate of drug-likeness (QED) is 0.812. The number of para-hydroxylation sites is 2. The number of hydrogen-bond acceptors (Lipinski definition) is 5. The summed E-state index contributed by atoms with van der Waals surface area (Å²) in [5, 5.41) is 2.93. The minimum absolute atomic E-state index is 0.0161. The monoisotopic (exact) mass is 370 g/mol. The van der Waals surface area contributed by atoms with Crippen LogP contribution in [0.25, 0.3) is 0 Å². The van der Waals surface area contributed by atoms with Crippen LogP contribution in [0, 0.1) is 0 Å². The highest BCUT2D eigenvalue weighted by molar-refractivity contribution is 5.92. The fourth-order valence-corrected chi connectivity index (χ4v) is 3.35. The Morgan fingerprint density at radius 1 is 1.00 bits per heavy atom. The fourth-order valence-electron chi connectivity index (χ4n) is 3.35. The number of amides is 1. The van der Waals surface area contributed by atoms with Gasteiger partial charge in [-0.25, -0.2) is 0 Å². The average molecular weight is 370 g/mol. The minimum Gasteiger partial charge on any atom is -0.495 e. The van der Waals surface area contributed by atoms with Crippen LogP contribution in [0.1, 0.15) is 17.5 Å². The number of anilines is 1. The molecule has 0 unspecified atom stereocenters. The van der Waals surface area contributed by atoms with Crippen LogP contribution >= 0.6 is 0 Å². The van der Waals surface area contributed by atoms with Gasteiger partial charge in [-0.15, -0.1) is 0 Å². The predicted octanol–water partition coefficient (Wildman–Crippen LogP) is 3.10. The van der Waals surface area contributed by atoms with Crippen LogP contribution in [0.3, 0.4) is 0 Å². The highest BCUT2D eigenvalue weighted by Gasteiger charge is 2.20. The molecule has 0 radical (unpaired) electrons. The SMILES string of the molecule is COc1ccccc1NC(=O)CCN1CCc2cc(OC)c(OC)cc2C1. The Kier molecular flexibility index (Phi) is 6.19. The molecule has 2 aromatic rings. The van der Waals surface area contributed by atoms with Gasteiger partial charge in [0, 0.05) is 26.1 Å². The third kappa shape index (κ3) is 4.52. The Bertz CT molecular complexity index is 807. The molecular weight excluding hydrogens is 344 g/mol. The summed E-state index contributed by atoms with van der Waals surface area (Å²) in [6, 6.07) is 11.5. The van der Waals surface area contributed by atoms with Crippen molar-refractivity contribution in [3.63, 3.8) is 0 Å². The first-order chi connectivity index (χ1) is 13.1. The summed E-state index contributed by atoms with van der Waals surface area (Å²) in [7, 11) is 4.90. The van der Waals surface area contributed by atoms with Gasteiger partial charge in [-0.05, 0) is 41.8 Å². The molecule has 6 nitrogen and oxygen atoms in total. The highest BCUT2D eigenvalue weighted by atomic mass is 16.5. The topological polar surface area (TPSA) is 60.0 Å². The van der Waals surface area contributed by atoms with Gasteiger partial charge in [-0.3, -0.25) is 9.69 Å². The van der Waals surface area contributed by atoms with Crippen molar-refractivity contribution in [1.82, 2.24) is 4.90 Å². The third-order valence-corrected chi connectivity index (χ3v) is 4.83. The summed E-state index contributed by atoms with van der Waals surface area (Å²) in [6.45, 7) is 2.43. The number of carbonyl (C=O) groups is 1. The van der Waals surface area contributed by atoms with Gasteiger partial charge in [0.15, 0.2) is 11.5 Å². The molecule has 3 rings (SSSR count). The van der Waals surface area contributed by atoms with Gasteiger partial charge < -0.3 is 19.5 Å². The second-order valence-electron chi connectivity index (χ2n) is 6.50. The summed E-state index contributed by atoms with van der Waals surface area (Å²) in [5.74, 6) is 2.16. The Labute approximate surface area is 160 Å². The number of fused-ring (bicyclic) bond motifs is 1. The number of ether oxygens (including phenoxy) is 3. The molecule has 1 aliphatic rings. The summed E-state index contributed by atoms with van der Waals surface area (Å²) in [4.78, 5) is 14.6. The second kappa shape index (κ2) is 8.77. The maximum Gasteiger partial charge on any atom is 0.225 e. The van der Waals surface area contributed by atoms with Gasteiger partial charge in [-0.1, -0.05) is 12.1 Å². The van der Waals surface area contributed by atoms with Crippen molar-refractivity contribution in [1.29, 1.82) is 0 Å². The van der Waals surface area contributed by atoms with E-state index < -0.39 is 0 Å². The Morgan fingerprint density at radius 2 is 1.67 bits per heavy atom. The molecule has 1 amide bonds. The standard InChI is InChI=1S/C21H26N2O4/c1-25-18-7-5-4-6-17(18)22-21(24)9-11-23-10-8-15-12-19(26-2)20(27-3)13-16(15)14-23/h4-7,12-13H,8-11,14H2,1-3H3,(H,22,24). The Morgan fingerprint density at radius 3 is 2.37 bits per heavy atom. The Balaban J connectivity index is 1.58. The molecule has 0 aliphatic carbocycles. The molecule has 0 saturated heterocycles. The van der Waals surface area contributed by atoms with Gasteiger partial charge in [-0.2, -0.15) is 0 Å². The molecular formula is C21H26N2O4. The number of nitrogens with zero attached hydrogens (tertiary/aromatic N) is 1. The van der Waals surface area contributed by atoms with Crippen molar-refractivity contribution in [2.75, 3.05) is 39.7 Å². The first-order valence-electron chi connectivity index (χ1n) is 9.03. The lowest BCUT2D eigenvalue weighted by Crippen LogP contribution is -2.33. The fraction of sp³-hybridized carbons (Fsp3) is 0.381. The lowest BCUT2D eigenvalue weighted by atomic mass is 9.98. The largest absolute Gasteiger partial charge is 0.495 e. The molecule has 6 heteroatoms. The van der Waals surface area contributed by atoms with E-state index in [0.29, 0.717) is 24.4 Å². The van der Waals surface area contributed by atoms with Crippen LogP contribution in [0.15, 0.2) is 36.4 Å². The van der Waals surface area contributed by atoms with Gasteiger partial charge in [0.1, 0.15) is 5.75 Å². The number of nitrogens with one attached hydrogen (secondary N) is 1. The number of benzene rings is 2. The van der Waals surface area contributed by atoms with Crippen molar-refractivity contribution in [3.8, 4) is 17.2 Å². The molecule has 0 bridgehead atoms. The summed E-state index contributed by atoms with van der Waals surface area (Å²) >= 11 is 0. The molecule has 144 valence electrons. The molecule has 1 heterocycles. The molecule has 0 fully saturated rings. The van der Waals surface area contributed by atoms with E-state index in [2.05, 4.69) is 16.3 Å². The zero-order chi connectivity index (χ0) is 19.2. The Hall–Kier alpha value is -2.73. The van der Waals surface area contributed by atoms with Crippen molar-refractivity contribution < 1.29 is 19.0 Å². The molecule has 2 aromatic carbocycles. The van der Waals surface area contributed by atoms with E-state index in [0.717, 1.165) is 31.0 Å². The van der Waals surface area contributed by atoms with Crippen molar-refractivity contribution in [2.45, 2.75) is 19.4 Å². The summed E-state index contributed by atoms with van der Waals surface area (Å²) in [6.07, 6.45) is 1.37. The maximum atomic E-state index is 12.3. The van der Waals surface area contributed by atoms with Crippen molar-refractivity contribution >= 4 is 11.6 Å². The van der Waals surface area contributed by atoms with Crippen LogP contribution in [0.5, 0.6) is 17.2 Å². The van der Waals surface area contributed by atoms with Gasteiger partial charge >= 0.3 is 0 Å². The third-order valence-electron chi connectivity index (χ3n) is 4.83. The van der Waals surface area contributed by atoms with Gasteiger partial charge in [0.2, 0.25) is 5.91 Å². The van der Waals surface area contributed by atoms with E-state index in [1.165, 1.54) is 11.1 Å². The maximum absolute atomic E-state index is 12.3. The summed E-state index contributed by atoms with van der Waals surface area (Å²) < 4.78 is 16.1. The molecule has 1 aliphatic heterocycles. The summed E-state index contributed by atoms with van der Waals surface area (Å²) in [5.41, 5.74) is 3.21. The zero-order valence-electron chi connectivity index (χ0n) is 16.1. The van der Waals surface area contributed by atoms with Crippen molar-refractivity contribution in [3.05, 3.63) is 47.5 Å². The average Bonchev–Trinajstić information content (AvgIpc) is 2.71. The molecule has 0 aromatic heterocycles. The lowest BCUT2D eigenvalue weighted by molar-refractivity contribution is -0.116. The first-order valence-corrected chi connectivity index (χ1v) is 9.03. The number of rotatable bonds is 7. The van der Waals surface area contributed by atoms with Crippen LogP contribution in [-0.4, -0.2) is 45.2 Å². The molecule has 0 atom stereocenters. The first kappa shape index (κ1) is 19.0. The lowest BCUT2D eigenvalue weighted by Gasteiger charge is -2.29. The van der Waals surface area contributed by atoms with E-state index in [1.807, 2.05) is 30.3 Å². The van der Waals surface area contributed by atoms with E-state index in [1.54, 1.807) is 21.3 Å². The van der Waals surface area contributed by atoms with Crippen LogP contribution < -0.4 is 19.5 Å². The van der Waals surface area contributed by atoms with E-state index in [-0.39, 0.29) is 5.91 Å². The van der Waals surface area contributed by atoms with E-state index in [4.69, 9.17) is 14.2 Å². The number of hydrogen-bond donors (Lipinski definition) is 1. The normalized spacial score (nSPS) is 13.6. The number of carbonyl (C=O) groups excluding carboxylic acids is 1. The molecule has 0 spiro atoms. The van der Waals surface area contributed by atoms with E-state index in [9.17, 15) is 4.79 Å². The van der Waals surface area contributed by atoms with Crippen molar-refractivity contribution in [2.24, 2.45) is 0 Å². The molecule has 1 N–H and O–H groups in total. The predicted molar refractivity (Wildman–Crippen MR) is 105 cm³/mol. The molecule has 27 heavy (non-hydrogen) atoms. The minimum atomic E-state index is -0.0161. The van der Waals surface area contributed by atoms with Crippen LogP contribution in [-0.2, 0) is 17.8 Å². The number of methoxy groups -OCH3 is 3. The molecule has 0 saturated carbocycles. The van der Waals surface area contributed by atoms with Crippen LogP contribution in [0.4, 0.5) is 5.69 Å². The van der Waals surface area contributed by atoms with Gasteiger partial charge in [0.25, 0.3) is 0 Å².